The van der Waals surface area contributed by atoms with Gasteiger partial charge in [-0.05, 0) is 55.7 Å². The highest BCUT2D eigenvalue weighted by atomic mass is 35.5. The highest BCUT2D eigenvalue weighted by molar-refractivity contribution is 6.30. The maximum atomic E-state index is 11.8. The Hall–Kier alpha value is -2.06. The van der Waals surface area contributed by atoms with E-state index in [-0.39, 0.29) is 5.97 Å². The van der Waals surface area contributed by atoms with E-state index in [0.29, 0.717) is 5.02 Å². The van der Waals surface area contributed by atoms with Crippen molar-refractivity contribution in [2.75, 3.05) is 0 Å². The molecule has 0 aliphatic heterocycles. The van der Waals surface area contributed by atoms with Gasteiger partial charge in [0.15, 0.2) is 0 Å². The lowest BCUT2D eigenvalue weighted by molar-refractivity contribution is -0.148. The molecule has 0 heterocycles. The van der Waals surface area contributed by atoms with Crippen LogP contribution < -0.4 is 0 Å². The van der Waals surface area contributed by atoms with Crippen molar-refractivity contribution in [1.82, 2.24) is 0 Å². The first-order chi connectivity index (χ1) is 10.3. The lowest BCUT2D eigenvalue weighted by atomic mass is 9.99. The highest BCUT2D eigenvalue weighted by Crippen LogP contribution is 2.27. The molecule has 0 atom stereocenters. The Labute approximate surface area is 136 Å². The first-order valence-electron chi connectivity index (χ1n) is 7.11. The molecular weight excluding hydrogens is 296 g/mol. The van der Waals surface area contributed by atoms with Crippen LogP contribution in [0.15, 0.2) is 54.6 Å². The Morgan fingerprint density at radius 3 is 2.50 bits per heavy atom. The molecule has 0 unspecified atom stereocenters. The second-order valence-corrected chi connectivity index (χ2v) is 6.40. The summed E-state index contributed by atoms with van der Waals surface area (Å²) in [6, 6.07) is 15.5. The number of ether oxygens (including phenoxy) is 1. The van der Waals surface area contributed by atoms with Gasteiger partial charge in [0.2, 0.25) is 0 Å². The van der Waals surface area contributed by atoms with Crippen LogP contribution in [0.5, 0.6) is 0 Å². The number of hydrogen-bond acceptors (Lipinski definition) is 2. The van der Waals surface area contributed by atoms with Crippen LogP contribution in [-0.4, -0.2) is 11.6 Å². The fourth-order valence-electron chi connectivity index (χ4n) is 2.05. The maximum Gasteiger partial charge on any atom is 0.331 e. The Bertz CT molecular complexity index is 697. The molecule has 0 aliphatic carbocycles. The summed E-state index contributed by atoms with van der Waals surface area (Å²) in [5, 5.41) is 0.684. The molecule has 0 radical (unpaired) electrons. The van der Waals surface area contributed by atoms with Crippen LogP contribution in [0, 0.1) is 0 Å². The molecule has 0 saturated carbocycles. The van der Waals surface area contributed by atoms with Gasteiger partial charge in [0.1, 0.15) is 5.60 Å². The summed E-state index contributed by atoms with van der Waals surface area (Å²) in [5.74, 6) is -0.353. The van der Waals surface area contributed by atoms with E-state index in [1.54, 1.807) is 6.08 Å². The molecule has 0 saturated heterocycles. The number of benzene rings is 2. The lowest BCUT2D eigenvalue weighted by Gasteiger charge is -2.18. The average molecular weight is 315 g/mol. The van der Waals surface area contributed by atoms with Gasteiger partial charge in [-0.15, -0.1) is 0 Å². The molecule has 0 amide bonds. The smallest absolute Gasteiger partial charge is 0.331 e. The minimum absolute atomic E-state index is 0.353. The Morgan fingerprint density at radius 1 is 1.09 bits per heavy atom. The highest BCUT2D eigenvalue weighted by Gasteiger charge is 2.14. The second-order valence-electron chi connectivity index (χ2n) is 5.96. The normalized spacial score (nSPS) is 11.6. The van der Waals surface area contributed by atoms with Crippen molar-refractivity contribution in [3.8, 4) is 11.1 Å². The van der Waals surface area contributed by atoms with Crippen LogP contribution in [0.3, 0.4) is 0 Å². The number of hydrogen-bond donors (Lipinski definition) is 0. The molecule has 0 aliphatic rings. The molecule has 0 N–H and O–H groups in total. The zero-order valence-electron chi connectivity index (χ0n) is 13.0. The third-order valence-corrected chi connectivity index (χ3v) is 3.14. The third-order valence-electron chi connectivity index (χ3n) is 2.90. The maximum absolute atomic E-state index is 11.8. The summed E-state index contributed by atoms with van der Waals surface area (Å²) in [5.41, 5.74) is 2.48. The van der Waals surface area contributed by atoms with E-state index in [1.165, 1.54) is 6.08 Å². The summed E-state index contributed by atoms with van der Waals surface area (Å²) in [4.78, 5) is 11.8. The molecule has 2 aromatic carbocycles. The van der Waals surface area contributed by atoms with Crippen molar-refractivity contribution in [3.63, 3.8) is 0 Å². The monoisotopic (exact) mass is 314 g/mol. The summed E-state index contributed by atoms with van der Waals surface area (Å²) >= 11 is 6.06. The van der Waals surface area contributed by atoms with Crippen LogP contribution in [0.1, 0.15) is 26.3 Å². The van der Waals surface area contributed by atoms with Crippen LogP contribution in [0.4, 0.5) is 0 Å². The van der Waals surface area contributed by atoms with Crippen molar-refractivity contribution < 1.29 is 9.53 Å². The van der Waals surface area contributed by atoms with Gasteiger partial charge in [0.05, 0.1) is 0 Å². The minimum atomic E-state index is -0.492. The van der Waals surface area contributed by atoms with Crippen molar-refractivity contribution in [1.29, 1.82) is 0 Å². The van der Waals surface area contributed by atoms with Crippen molar-refractivity contribution >= 4 is 23.6 Å². The van der Waals surface area contributed by atoms with Crippen LogP contribution in [0.2, 0.25) is 5.02 Å². The predicted octanol–water partition coefficient (Wildman–Crippen LogP) is 5.36. The summed E-state index contributed by atoms with van der Waals surface area (Å²) in [7, 11) is 0. The largest absolute Gasteiger partial charge is 0.457 e. The summed E-state index contributed by atoms with van der Waals surface area (Å²) < 4.78 is 5.28. The van der Waals surface area contributed by atoms with E-state index in [1.807, 2.05) is 69.3 Å². The van der Waals surface area contributed by atoms with Gasteiger partial charge in [0.25, 0.3) is 0 Å². The van der Waals surface area contributed by atoms with Crippen LogP contribution in [-0.2, 0) is 9.53 Å². The molecule has 3 heteroatoms. The van der Waals surface area contributed by atoms with E-state index in [0.717, 1.165) is 16.7 Å². The van der Waals surface area contributed by atoms with E-state index >= 15 is 0 Å². The first-order valence-corrected chi connectivity index (χ1v) is 7.49. The van der Waals surface area contributed by atoms with Gasteiger partial charge in [-0.2, -0.15) is 0 Å². The molecule has 0 spiro atoms. The van der Waals surface area contributed by atoms with Gasteiger partial charge in [0, 0.05) is 11.1 Å². The predicted molar refractivity (Wildman–Crippen MR) is 91.8 cm³/mol. The fourth-order valence-corrected chi connectivity index (χ4v) is 2.25. The fraction of sp³-hybridized carbons (Fsp3) is 0.211. The first kappa shape index (κ1) is 16.3. The molecule has 0 aromatic heterocycles. The van der Waals surface area contributed by atoms with Crippen molar-refractivity contribution in [2.24, 2.45) is 0 Å². The topological polar surface area (TPSA) is 26.3 Å². The van der Waals surface area contributed by atoms with Gasteiger partial charge in [-0.3, -0.25) is 0 Å². The molecule has 0 bridgehead atoms. The molecular formula is C19H19ClO2. The summed E-state index contributed by atoms with van der Waals surface area (Å²) in [6.07, 6.45) is 3.22. The van der Waals surface area contributed by atoms with Gasteiger partial charge in [-0.1, -0.05) is 48.0 Å². The van der Waals surface area contributed by atoms with Crippen molar-refractivity contribution in [2.45, 2.75) is 26.4 Å². The summed E-state index contributed by atoms with van der Waals surface area (Å²) in [6.45, 7) is 5.54. The number of esters is 1. The Kier molecular flexibility index (Phi) is 5.04. The van der Waals surface area contributed by atoms with Crippen LogP contribution in [0.25, 0.3) is 17.2 Å². The molecule has 2 rings (SSSR count). The molecule has 2 nitrogen and oxygen atoms in total. The van der Waals surface area contributed by atoms with E-state index in [4.69, 9.17) is 16.3 Å². The van der Waals surface area contributed by atoms with E-state index < -0.39 is 5.60 Å². The Morgan fingerprint density at radius 2 is 1.82 bits per heavy atom. The zero-order chi connectivity index (χ0) is 16.2. The quantitative estimate of drug-likeness (QED) is 0.563. The average Bonchev–Trinajstić information content (AvgIpc) is 2.44. The SMILES string of the molecule is CC(C)(C)OC(=O)/C=C/c1ccccc1-c1cccc(Cl)c1. The molecule has 2 aromatic rings. The molecule has 22 heavy (non-hydrogen) atoms. The van der Waals surface area contributed by atoms with Gasteiger partial charge < -0.3 is 4.74 Å². The number of rotatable bonds is 3. The third kappa shape index (κ3) is 4.74. The number of carbonyl (C=O) groups is 1. The lowest BCUT2D eigenvalue weighted by Crippen LogP contribution is -2.22. The molecule has 0 fully saturated rings. The zero-order valence-corrected chi connectivity index (χ0v) is 13.7. The Balaban J connectivity index is 2.28. The van der Waals surface area contributed by atoms with E-state index in [2.05, 4.69) is 0 Å². The van der Waals surface area contributed by atoms with Gasteiger partial charge >= 0.3 is 5.97 Å². The van der Waals surface area contributed by atoms with Crippen LogP contribution >= 0.6 is 11.6 Å². The second kappa shape index (κ2) is 6.80. The minimum Gasteiger partial charge on any atom is -0.457 e. The number of carbonyl (C=O) groups excluding carboxylic acids is 1. The number of halogens is 1. The van der Waals surface area contributed by atoms with E-state index in [9.17, 15) is 4.79 Å². The van der Waals surface area contributed by atoms with Crippen molar-refractivity contribution in [3.05, 3.63) is 65.2 Å². The molecule has 114 valence electrons. The van der Waals surface area contributed by atoms with Gasteiger partial charge in [-0.25, -0.2) is 4.79 Å². The standard InChI is InChI=1S/C19H19ClO2/c1-19(2,3)22-18(21)12-11-14-7-4-5-10-17(14)15-8-6-9-16(20)13-15/h4-13H,1-3H3/b12-11+.